The molecular weight excluding hydrogens is 268 g/mol. The Bertz CT molecular complexity index is 491. The molecule has 3 N–H and O–H groups in total. The summed E-state index contributed by atoms with van der Waals surface area (Å²) >= 11 is 0. The number of aliphatic carboxylic acids is 1. The number of hydrogen-bond donors (Lipinski definition) is 2. The molecule has 10 heteroatoms. The Hall–Kier alpha value is -1.56. The zero-order valence-corrected chi connectivity index (χ0v) is 10.9. The molecule has 2 aliphatic rings. The standard InChI is InChI=1S/C10H12FN3O5.Li.H/c1-4-2-5-3-13(6(4)8(12)15)10(18)14(5)19-7(11)9(16)17;;/h2,5-7H,3H2,1H3,(H2,12,15)(H,16,17);;/q;+1;-1/t5-,6+,7+;;/m1../s1. The van der Waals surface area contributed by atoms with E-state index in [1.807, 2.05) is 0 Å². The summed E-state index contributed by atoms with van der Waals surface area (Å²) in [6.07, 6.45) is -1.11. The molecule has 0 saturated carbocycles. The summed E-state index contributed by atoms with van der Waals surface area (Å²) in [7, 11) is 0. The first-order chi connectivity index (χ1) is 8.82. The van der Waals surface area contributed by atoms with Gasteiger partial charge < -0.3 is 17.2 Å². The second kappa shape index (κ2) is 5.83. The number of nitrogens with zero attached hydrogens (tertiary/aromatic N) is 2. The zero-order valence-electron chi connectivity index (χ0n) is 11.9. The predicted octanol–water partition coefficient (Wildman–Crippen LogP) is -3.67. The first kappa shape index (κ1) is 16.5. The van der Waals surface area contributed by atoms with Gasteiger partial charge in [-0.1, -0.05) is 6.08 Å². The van der Waals surface area contributed by atoms with Crippen LogP contribution in [0.5, 0.6) is 0 Å². The molecule has 0 aliphatic carbocycles. The number of carbonyl (C=O) groups excluding carboxylic acids is 2. The third kappa shape index (κ3) is 2.65. The van der Waals surface area contributed by atoms with E-state index in [4.69, 9.17) is 10.8 Å². The molecule has 0 aromatic rings. The Kier molecular flexibility index (Phi) is 4.80. The van der Waals surface area contributed by atoms with Crippen molar-refractivity contribution in [1.82, 2.24) is 9.96 Å². The van der Waals surface area contributed by atoms with E-state index in [0.717, 1.165) is 4.90 Å². The van der Waals surface area contributed by atoms with Gasteiger partial charge in [0.15, 0.2) is 0 Å². The quantitative estimate of drug-likeness (QED) is 0.407. The fraction of sp³-hybridized carbons (Fsp3) is 0.500. The minimum atomic E-state index is -2.65. The number of alkyl halides is 1. The maximum atomic E-state index is 13.0. The maximum Gasteiger partial charge on any atom is 1.00 e. The van der Waals surface area contributed by atoms with Gasteiger partial charge in [0.1, 0.15) is 6.04 Å². The molecule has 0 aromatic heterocycles. The van der Waals surface area contributed by atoms with Crippen LogP contribution in [0.15, 0.2) is 11.6 Å². The molecule has 0 unspecified atom stereocenters. The number of halogens is 1. The molecule has 1 fully saturated rings. The molecule has 106 valence electrons. The van der Waals surface area contributed by atoms with E-state index in [2.05, 4.69) is 4.84 Å². The number of carboxylic acids is 1. The first-order valence-electron chi connectivity index (χ1n) is 5.44. The van der Waals surface area contributed by atoms with Crippen molar-refractivity contribution in [2.45, 2.75) is 25.4 Å². The molecule has 3 atom stereocenters. The van der Waals surface area contributed by atoms with E-state index in [-0.39, 0.29) is 26.8 Å². The van der Waals surface area contributed by atoms with Crippen LogP contribution >= 0.6 is 0 Å². The number of urea groups is 1. The molecule has 0 radical (unpaired) electrons. The number of fused-ring (bicyclic) bond motifs is 2. The number of nitrogens with two attached hydrogens (primary N) is 1. The van der Waals surface area contributed by atoms with Crippen molar-refractivity contribution in [2.75, 3.05) is 6.54 Å². The van der Waals surface area contributed by atoms with Gasteiger partial charge in [0.05, 0.1) is 12.6 Å². The van der Waals surface area contributed by atoms with Crippen LogP contribution in [0.25, 0.3) is 0 Å². The van der Waals surface area contributed by atoms with Crippen molar-refractivity contribution < 1.29 is 49.0 Å². The van der Waals surface area contributed by atoms with Crippen LogP contribution in [-0.4, -0.2) is 58.0 Å². The van der Waals surface area contributed by atoms with E-state index in [1.165, 1.54) is 6.08 Å². The summed E-state index contributed by atoms with van der Waals surface area (Å²) in [4.78, 5) is 39.2. The largest absolute Gasteiger partial charge is 1.00 e. The fourth-order valence-electron chi connectivity index (χ4n) is 2.24. The number of primary amides is 1. The van der Waals surface area contributed by atoms with Crippen molar-refractivity contribution in [3.63, 3.8) is 0 Å². The van der Waals surface area contributed by atoms with E-state index in [0.29, 0.717) is 10.6 Å². The molecule has 0 aromatic carbocycles. The summed E-state index contributed by atoms with van der Waals surface area (Å²) in [5.74, 6) is -2.55. The Labute approximate surface area is 126 Å². The van der Waals surface area contributed by atoms with Gasteiger partial charge in [-0.15, -0.1) is 0 Å². The van der Waals surface area contributed by atoms with Crippen molar-refractivity contribution in [3.8, 4) is 0 Å². The van der Waals surface area contributed by atoms with Crippen LogP contribution in [0.1, 0.15) is 8.35 Å². The molecule has 1 saturated heterocycles. The Balaban J connectivity index is 0.00000200. The molecule has 2 bridgehead atoms. The molecule has 2 heterocycles. The smallest absolute Gasteiger partial charge is 1.00 e. The number of amides is 3. The Morgan fingerprint density at radius 3 is 2.75 bits per heavy atom. The van der Waals surface area contributed by atoms with Gasteiger partial charge in [0.25, 0.3) is 0 Å². The van der Waals surface area contributed by atoms with Crippen LogP contribution in [0.3, 0.4) is 0 Å². The zero-order chi connectivity index (χ0) is 14.3. The van der Waals surface area contributed by atoms with Crippen LogP contribution < -0.4 is 24.6 Å². The fourth-order valence-corrected chi connectivity index (χ4v) is 2.24. The van der Waals surface area contributed by atoms with Crippen molar-refractivity contribution in [3.05, 3.63) is 11.6 Å². The van der Waals surface area contributed by atoms with Crippen LogP contribution in [0.4, 0.5) is 9.18 Å². The number of hydroxylamine groups is 2. The van der Waals surface area contributed by atoms with Gasteiger partial charge in [-0.25, -0.2) is 18.8 Å². The van der Waals surface area contributed by atoms with Gasteiger partial charge in [-0.2, -0.15) is 5.06 Å². The molecule has 20 heavy (non-hydrogen) atoms. The number of hydrogen-bond acceptors (Lipinski definition) is 4. The summed E-state index contributed by atoms with van der Waals surface area (Å²) in [5, 5.41) is 9.04. The second-order valence-corrected chi connectivity index (χ2v) is 4.30. The van der Waals surface area contributed by atoms with Gasteiger partial charge in [-0.05, 0) is 12.5 Å². The third-order valence-electron chi connectivity index (χ3n) is 2.99. The predicted molar refractivity (Wildman–Crippen MR) is 59.2 cm³/mol. The maximum absolute atomic E-state index is 13.0. The van der Waals surface area contributed by atoms with Crippen LogP contribution in [-0.2, 0) is 14.4 Å². The number of rotatable bonds is 4. The third-order valence-corrected chi connectivity index (χ3v) is 2.99. The van der Waals surface area contributed by atoms with Crippen LogP contribution in [0, 0.1) is 0 Å². The monoisotopic (exact) mass is 281 g/mol. The Morgan fingerprint density at radius 2 is 2.25 bits per heavy atom. The topological polar surface area (TPSA) is 113 Å². The van der Waals surface area contributed by atoms with E-state index < -0.39 is 36.3 Å². The molecule has 8 nitrogen and oxygen atoms in total. The number of carboxylic acid groups (broad SMARTS) is 1. The average molecular weight is 281 g/mol. The van der Waals surface area contributed by atoms with Gasteiger partial charge in [0.2, 0.25) is 5.91 Å². The molecule has 2 aliphatic heterocycles. The van der Waals surface area contributed by atoms with Gasteiger partial charge in [-0.3, -0.25) is 4.79 Å². The molecule has 3 amide bonds. The van der Waals surface area contributed by atoms with Crippen molar-refractivity contribution in [2.24, 2.45) is 5.73 Å². The summed E-state index contributed by atoms with van der Waals surface area (Å²) in [5.41, 5.74) is 5.73. The van der Waals surface area contributed by atoms with Gasteiger partial charge >= 0.3 is 37.2 Å². The summed E-state index contributed by atoms with van der Waals surface area (Å²) in [6, 6.07) is -2.34. The summed E-state index contributed by atoms with van der Waals surface area (Å²) < 4.78 is 13.0. The van der Waals surface area contributed by atoms with E-state index >= 15 is 0 Å². The van der Waals surface area contributed by atoms with Gasteiger partial charge in [0, 0.05) is 0 Å². The molecule has 2 rings (SSSR count). The van der Waals surface area contributed by atoms with E-state index in [9.17, 15) is 18.8 Å². The molecular formula is C10H13FLiN3O5. The normalized spacial score (nSPS) is 25.9. The van der Waals surface area contributed by atoms with Crippen LogP contribution in [0.2, 0.25) is 0 Å². The molecule has 0 spiro atoms. The first-order valence-corrected chi connectivity index (χ1v) is 5.44. The SMILES string of the molecule is CC1=C[C@@H]2CN(C(=O)N2O[C@H](F)C(=O)O)[C@@H]1C(N)=O.[H-].[Li+]. The minimum absolute atomic E-state index is 0. The average Bonchev–Trinajstić information content (AvgIpc) is 2.54. The van der Waals surface area contributed by atoms with Crippen molar-refractivity contribution >= 4 is 17.9 Å². The van der Waals surface area contributed by atoms with Crippen molar-refractivity contribution in [1.29, 1.82) is 0 Å². The van der Waals surface area contributed by atoms with E-state index in [1.54, 1.807) is 6.92 Å². The number of carbonyl (C=O) groups is 3. The Morgan fingerprint density at radius 1 is 1.65 bits per heavy atom. The minimum Gasteiger partial charge on any atom is -1.00 e. The summed E-state index contributed by atoms with van der Waals surface area (Å²) in [6.45, 7) is 1.70. The second-order valence-electron chi connectivity index (χ2n) is 4.30.